The predicted molar refractivity (Wildman–Crippen MR) is 40.5 cm³/mol. The van der Waals surface area contributed by atoms with Gasteiger partial charge in [0.2, 0.25) is 0 Å². The fraction of sp³-hybridized carbons (Fsp3) is 0.222. The summed E-state index contributed by atoms with van der Waals surface area (Å²) < 4.78 is 7.28. The minimum Gasteiger partial charge on any atom is -0.198 e. The Labute approximate surface area is 62.3 Å². The Balaban J connectivity index is 3.01. The van der Waals surface area contributed by atoms with E-state index in [0.717, 1.165) is 11.1 Å². The van der Waals surface area contributed by atoms with E-state index in [9.17, 15) is 0 Å². The molecule has 0 aliphatic heterocycles. The van der Waals surface area contributed by atoms with E-state index < -0.39 is 0 Å². The van der Waals surface area contributed by atoms with Crippen molar-refractivity contribution < 1.29 is 1.37 Å². The molecular weight excluding hydrogens is 122 g/mol. The summed E-state index contributed by atoms with van der Waals surface area (Å²) in [5, 5.41) is 8.42. The molecule has 0 atom stereocenters. The molecule has 10 heavy (non-hydrogen) atoms. The van der Waals surface area contributed by atoms with Gasteiger partial charge in [-0.15, -0.1) is 0 Å². The number of nitriles is 1. The first-order valence-electron chi connectivity index (χ1n) is 3.67. The molecule has 0 aromatic heterocycles. The lowest BCUT2D eigenvalue weighted by Crippen LogP contribution is -1.84. The Morgan fingerprint density at radius 1 is 1.70 bits per heavy atom. The molecule has 0 saturated heterocycles. The van der Waals surface area contributed by atoms with Crippen LogP contribution in [0.15, 0.2) is 24.2 Å². The van der Waals surface area contributed by atoms with E-state index in [-0.39, 0.29) is 0 Å². The van der Waals surface area contributed by atoms with Gasteiger partial charge in [-0.25, -0.2) is 0 Å². The Bertz CT molecular complexity index is 299. The second-order valence-electron chi connectivity index (χ2n) is 2.19. The molecule has 50 valence electrons. The fourth-order valence-electron chi connectivity index (χ4n) is 0.829. The average Bonchev–Trinajstić information content (AvgIpc) is 1.95. The predicted octanol–water partition coefficient (Wildman–Crippen LogP) is 2.06. The maximum Gasteiger partial charge on any atom is 0.0669 e. The lowest BCUT2D eigenvalue weighted by molar-refractivity contribution is 1.21. The molecule has 1 aromatic carbocycles. The third-order valence-electron chi connectivity index (χ3n) is 1.46. The van der Waals surface area contributed by atoms with Crippen LogP contribution in [0.3, 0.4) is 0 Å². The molecule has 0 radical (unpaired) electrons. The summed E-state index contributed by atoms with van der Waals surface area (Å²) in [6, 6.07) is 7.90. The molecular formula is C9H9N. The minimum absolute atomic E-state index is 0.437. The van der Waals surface area contributed by atoms with Crippen LogP contribution in [0.5, 0.6) is 0 Å². The molecule has 0 heterocycles. The molecule has 0 unspecified atom stereocenters. The quantitative estimate of drug-likeness (QED) is 0.573. The van der Waals surface area contributed by atoms with Gasteiger partial charge in [-0.1, -0.05) is 24.2 Å². The van der Waals surface area contributed by atoms with Gasteiger partial charge >= 0.3 is 0 Å². The standard InChI is InChI=1S/C9H9N/c1-8-4-2-3-5-9(8)6-7-10/h2-5H,6H2,1H3/i2D. The van der Waals surface area contributed by atoms with Crippen LogP contribution in [-0.4, -0.2) is 0 Å². The molecule has 0 fully saturated rings. The van der Waals surface area contributed by atoms with Crippen LogP contribution in [0.4, 0.5) is 0 Å². The number of benzene rings is 1. The highest BCUT2D eigenvalue weighted by atomic mass is 14.2. The molecule has 0 bridgehead atoms. The second kappa shape index (κ2) is 3.03. The van der Waals surface area contributed by atoms with Gasteiger partial charge in [0, 0.05) is 0 Å². The smallest absolute Gasteiger partial charge is 0.0669 e. The molecule has 1 rings (SSSR count). The Morgan fingerprint density at radius 3 is 3.10 bits per heavy atom. The van der Waals surface area contributed by atoms with Crippen molar-refractivity contribution in [3.8, 4) is 6.07 Å². The Morgan fingerprint density at radius 2 is 2.50 bits per heavy atom. The molecule has 1 heteroatoms. The van der Waals surface area contributed by atoms with Crippen molar-refractivity contribution in [2.75, 3.05) is 0 Å². The summed E-state index contributed by atoms with van der Waals surface area (Å²) >= 11 is 0. The van der Waals surface area contributed by atoms with E-state index in [0.29, 0.717) is 12.5 Å². The normalized spacial score (nSPS) is 10.2. The van der Waals surface area contributed by atoms with Crippen LogP contribution in [0.2, 0.25) is 0 Å². The first kappa shape index (κ1) is 5.49. The zero-order valence-corrected chi connectivity index (χ0v) is 5.89. The van der Waals surface area contributed by atoms with Crippen molar-refractivity contribution in [1.82, 2.24) is 0 Å². The zero-order chi connectivity index (χ0) is 8.27. The van der Waals surface area contributed by atoms with Crippen LogP contribution in [0.1, 0.15) is 12.5 Å². The molecule has 0 amide bonds. The van der Waals surface area contributed by atoms with Crippen LogP contribution < -0.4 is 0 Å². The molecule has 0 aliphatic carbocycles. The van der Waals surface area contributed by atoms with E-state index in [1.807, 2.05) is 13.0 Å². The third-order valence-corrected chi connectivity index (χ3v) is 1.46. The topological polar surface area (TPSA) is 23.8 Å². The fourth-order valence-corrected chi connectivity index (χ4v) is 0.829. The second-order valence-corrected chi connectivity index (χ2v) is 2.19. The van der Waals surface area contributed by atoms with Crippen molar-refractivity contribution >= 4 is 0 Å². The van der Waals surface area contributed by atoms with Gasteiger partial charge in [-0.3, -0.25) is 0 Å². The average molecular weight is 132 g/mol. The SMILES string of the molecule is [2H]c1ccc(CC#N)c(C)c1. The number of aryl methyl sites for hydroxylation is 1. The van der Waals surface area contributed by atoms with Gasteiger partial charge in [0.1, 0.15) is 0 Å². The lowest BCUT2D eigenvalue weighted by atomic mass is 10.1. The van der Waals surface area contributed by atoms with E-state index in [1.165, 1.54) is 0 Å². The summed E-state index contributed by atoms with van der Waals surface area (Å²) in [6.07, 6.45) is 0.437. The Kier molecular flexibility index (Phi) is 1.66. The van der Waals surface area contributed by atoms with Gasteiger partial charge in [0.05, 0.1) is 13.9 Å². The van der Waals surface area contributed by atoms with Crippen molar-refractivity contribution in [1.29, 1.82) is 5.26 Å². The maximum absolute atomic E-state index is 8.42. The highest BCUT2D eigenvalue weighted by Gasteiger charge is 1.92. The number of rotatable bonds is 1. The van der Waals surface area contributed by atoms with E-state index in [2.05, 4.69) is 6.07 Å². The molecule has 0 N–H and O–H groups in total. The number of hydrogen-bond acceptors (Lipinski definition) is 1. The van der Waals surface area contributed by atoms with Crippen LogP contribution in [0.25, 0.3) is 0 Å². The Hall–Kier alpha value is -1.29. The van der Waals surface area contributed by atoms with Gasteiger partial charge in [-0.2, -0.15) is 5.26 Å². The monoisotopic (exact) mass is 132 g/mol. The van der Waals surface area contributed by atoms with Crippen molar-refractivity contribution in [2.24, 2.45) is 0 Å². The van der Waals surface area contributed by atoms with Crippen LogP contribution in [-0.2, 0) is 6.42 Å². The lowest BCUT2D eigenvalue weighted by Gasteiger charge is -1.97. The maximum atomic E-state index is 8.42. The van der Waals surface area contributed by atoms with Gasteiger partial charge in [0.15, 0.2) is 0 Å². The molecule has 1 aromatic rings. The van der Waals surface area contributed by atoms with Crippen molar-refractivity contribution in [2.45, 2.75) is 13.3 Å². The third kappa shape index (κ3) is 1.35. The largest absolute Gasteiger partial charge is 0.198 e. The van der Waals surface area contributed by atoms with Gasteiger partial charge < -0.3 is 0 Å². The first-order chi connectivity index (χ1) is 5.24. The summed E-state index contributed by atoms with van der Waals surface area (Å²) in [5.74, 6) is 0. The number of hydrogen-bond donors (Lipinski definition) is 0. The summed E-state index contributed by atoms with van der Waals surface area (Å²) in [6.45, 7) is 1.92. The van der Waals surface area contributed by atoms with E-state index in [4.69, 9.17) is 6.63 Å². The number of nitrogens with zero attached hydrogens (tertiary/aromatic N) is 1. The van der Waals surface area contributed by atoms with Crippen molar-refractivity contribution in [3.05, 3.63) is 35.4 Å². The van der Waals surface area contributed by atoms with E-state index in [1.54, 1.807) is 12.1 Å². The van der Waals surface area contributed by atoms with E-state index >= 15 is 0 Å². The zero-order valence-electron chi connectivity index (χ0n) is 6.89. The van der Waals surface area contributed by atoms with Crippen LogP contribution in [0, 0.1) is 18.3 Å². The molecule has 1 nitrogen and oxygen atoms in total. The highest BCUT2D eigenvalue weighted by Crippen LogP contribution is 2.06. The minimum atomic E-state index is 0.437. The molecule has 0 saturated carbocycles. The highest BCUT2D eigenvalue weighted by molar-refractivity contribution is 5.27. The van der Waals surface area contributed by atoms with Gasteiger partial charge in [0.25, 0.3) is 0 Å². The molecule has 0 aliphatic rings. The van der Waals surface area contributed by atoms with Crippen molar-refractivity contribution in [3.63, 3.8) is 0 Å². The van der Waals surface area contributed by atoms with Gasteiger partial charge in [-0.05, 0) is 18.1 Å². The first-order valence-corrected chi connectivity index (χ1v) is 3.17. The summed E-state index contributed by atoms with van der Waals surface area (Å²) in [4.78, 5) is 0. The van der Waals surface area contributed by atoms with Crippen LogP contribution >= 0.6 is 0 Å². The summed E-state index contributed by atoms with van der Waals surface area (Å²) in [5.41, 5.74) is 2.04. The summed E-state index contributed by atoms with van der Waals surface area (Å²) in [7, 11) is 0. The molecule has 0 spiro atoms.